The average molecular weight is 613 g/mol. The number of nitrogens with one attached hydrogen (secondary N) is 2. The Morgan fingerprint density at radius 2 is 1.15 bits per heavy atom. The molecule has 0 fully saturated rings. The van der Waals surface area contributed by atoms with Crippen LogP contribution in [0.1, 0.15) is 43.8 Å². The van der Waals surface area contributed by atoms with E-state index in [1.54, 1.807) is 30.3 Å². The van der Waals surface area contributed by atoms with Crippen molar-refractivity contribution < 1.29 is 23.9 Å². The second kappa shape index (κ2) is 15.9. The van der Waals surface area contributed by atoms with Crippen molar-refractivity contribution >= 4 is 28.9 Å². The minimum Gasteiger partial charge on any atom is -0.494 e. The first-order valence-electron chi connectivity index (χ1n) is 15.2. The number of anilines is 2. The highest BCUT2D eigenvalue weighted by atomic mass is 16.5. The van der Waals surface area contributed by atoms with E-state index in [0.717, 1.165) is 17.7 Å². The lowest BCUT2D eigenvalue weighted by atomic mass is 10.00. The van der Waals surface area contributed by atoms with Gasteiger partial charge in [-0.25, -0.2) is 4.79 Å². The highest BCUT2D eigenvalue weighted by Gasteiger charge is 2.22. The lowest BCUT2D eigenvalue weighted by Crippen LogP contribution is -2.33. The monoisotopic (exact) mass is 612 g/mol. The Hall–Kier alpha value is -5.69. The van der Waals surface area contributed by atoms with Crippen molar-refractivity contribution in [1.29, 1.82) is 0 Å². The molecule has 0 heterocycles. The van der Waals surface area contributed by atoms with Gasteiger partial charge in [0.15, 0.2) is 11.6 Å². The summed E-state index contributed by atoms with van der Waals surface area (Å²) < 4.78 is 11.0. The normalized spacial score (nSPS) is 11.2. The van der Waals surface area contributed by atoms with Gasteiger partial charge in [-0.2, -0.15) is 0 Å². The molecule has 0 bridgehead atoms. The van der Waals surface area contributed by atoms with E-state index in [1.165, 1.54) is 7.11 Å². The van der Waals surface area contributed by atoms with Crippen molar-refractivity contribution in [2.75, 3.05) is 30.9 Å². The second-order valence-corrected chi connectivity index (χ2v) is 10.7. The summed E-state index contributed by atoms with van der Waals surface area (Å²) in [5, 5.41) is 6.60. The number of benzene rings is 5. The predicted octanol–water partition coefficient (Wildman–Crippen LogP) is 7.23. The van der Waals surface area contributed by atoms with Crippen molar-refractivity contribution in [3.8, 4) is 5.75 Å². The summed E-state index contributed by atoms with van der Waals surface area (Å²) in [5.41, 5.74) is 4.60. The van der Waals surface area contributed by atoms with Crippen molar-refractivity contribution in [1.82, 2.24) is 0 Å². The highest BCUT2D eigenvalue weighted by molar-refractivity contribution is 6.13. The molecule has 7 heteroatoms. The number of hydrogen-bond acceptors (Lipinski definition) is 7. The molecule has 7 nitrogen and oxygen atoms in total. The van der Waals surface area contributed by atoms with E-state index in [9.17, 15) is 14.4 Å². The van der Waals surface area contributed by atoms with Gasteiger partial charge in [-0.05, 0) is 48.4 Å². The van der Waals surface area contributed by atoms with Gasteiger partial charge in [-0.3, -0.25) is 9.59 Å². The Kier molecular flexibility index (Phi) is 10.9. The Morgan fingerprint density at radius 1 is 0.630 bits per heavy atom. The predicted molar refractivity (Wildman–Crippen MR) is 181 cm³/mol. The molecule has 0 aliphatic heterocycles. The maximum atomic E-state index is 13.2. The molecular formula is C39H36N2O5. The minimum atomic E-state index is -0.704. The van der Waals surface area contributed by atoms with E-state index >= 15 is 0 Å². The Morgan fingerprint density at radius 3 is 1.74 bits per heavy atom. The first-order chi connectivity index (χ1) is 22.5. The quantitative estimate of drug-likeness (QED) is 0.0732. The molecule has 0 aliphatic carbocycles. The molecular weight excluding hydrogens is 576 g/mol. The molecule has 0 aromatic heterocycles. The van der Waals surface area contributed by atoms with Crippen molar-refractivity contribution in [3.63, 3.8) is 0 Å². The van der Waals surface area contributed by atoms with Crippen LogP contribution in [0.4, 0.5) is 11.4 Å². The standard InChI is InChI=1S/C39H36N2O5/c1-45-39(44)36(41-35-20-11-9-18-33(35)38(43)30-15-6-3-7-16-30)27-28-21-23-31(24-22-28)46-26-12-25-40-34-19-10-8-17-32(34)37(42)29-13-4-2-5-14-29/h2-11,13-24,36,40-41H,12,25-27H2,1H3. The molecule has 5 aromatic rings. The fourth-order valence-corrected chi connectivity index (χ4v) is 5.10. The largest absolute Gasteiger partial charge is 0.494 e. The smallest absolute Gasteiger partial charge is 0.328 e. The van der Waals surface area contributed by atoms with Crippen LogP contribution < -0.4 is 15.4 Å². The van der Waals surface area contributed by atoms with Gasteiger partial charge in [-0.1, -0.05) is 97.1 Å². The number of carbonyl (C=O) groups excluding carboxylic acids is 3. The first kappa shape index (κ1) is 31.7. The van der Waals surface area contributed by atoms with Crippen LogP contribution in [-0.4, -0.2) is 43.8 Å². The molecule has 0 saturated heterocycles. The van der Waals surface area contributed by atoms with Crippen LogP contribution in [0.25, 0.3) is 0 Å². The Bertz CT molecular complexity index is 1750. The Balaban J connectivity index is 1.14. The maximum Gasteiger partial charge on any atom is 0.328 e. The van der Waals surface area contributed by atoms with E-state index in [1.807, 2.05) is 103 Å². The molecule has 0 spiro atoms. The number of ether oxygens (including phenoxy) is 2. The summed E-state index contributed by atoms with van der Waals surface area (Å²) in [6.07, 6.45) is 1.08. The molecule has 2 N–H and O–H groups in total. The number of para-hydroxylation sites is 2. The molecule has 46 heavy (non-hydrogen) atoms. The summed E-state index contributed by atoms with van der Waals surface area (Å²) in [7, 11) is 1.35. The average Bonchev–Trinajstić information content (AvgIpc) is 3.12. The van der Waals surface area contributed by atoms with Crippen molar-refractivity contribution in [3.05, 3.63) is 161 Å². The zero-order chi connectivity index (χ0) is 32.1. The molecule has 0 radical (unpaired) electrons. The van der Waals surface area contributed by atoms with E-state index in [2.05, 4.69) is 10.6 Å². The summed E-state index contributed by atoms with van der Waals surface area (Å²) >= 11 is 0. The van der Waals surface area contributed by atoms with Gasteiger partial charge in [0.25, 0.3) is 0 Å². The molecule has 0 saturated carbocycles. The zero-order valence-corrected chi connectivity index (χ0v) is 25.6. The second-order valence-electron chi connectivity index (χ2n) is 10.7. The van der Waals surface area contributed by atoms with Crippen LogP contribution in [0.2, 0.25) is 0 Å². The van der Waals surface area contributed by atoms with E-state index < -0.39 is 12.0 Å². The third-order valence-electron chi connectivity index (χ3n) is 7.50. The van der Waals surface area contributed by atoms with E-state index in [4.69, 9.17) is 9.47 Å². The van der Waals surface area contributed by atoms with Gasteiger partial charge in [0.2, 0.25) is 0 Å². The molecule has 0 aliphatic rings. The van der Waals surface area contributed by atoms with Crippen molar-refractivity contribution in [2.24, 2.45) is 0 Å². The molecule has 0 amide bonds. The van der Waals surface area contributed by atoms with Crippen LogP contribution in [0.15, 0.2) is 133 Å². The van der Waals surface area contributed by atoms with Crippen LogP contribution in [0.5, 0.6) is 5.75 Å². The first-order valence-corrected chi connectivity index (χ1v) is 15.2. The van der Waals surface area contributed by atoms with Crippen LogP contribution >= 0.6 is 0 Å². The van der Waals surface area contributed by atoms with Crippen molar-refractivity contribution in [2.45, 2.75) is 18.9 Å². The maximum absolute atomic E-state index is 13.2. The van der Waals surface area contributed by atoms with E-state index in [0.29, 0.717) is 53.3 Å². The zero-order valence-electron chi connectivity index (χ0n) is 25.6. The topological polar surface area (TPSA) is 93.7 Å². The molecule has 1 unspecified atom stereocenters. The number of carbonyl (C=O) groups is 3. The molecule has 5 aromatic carbocycles. The van der Waals surface area contributed by atoms with Gasteiger partial charge in [0.1, 0.15) is 11.8 Å². The van der Waals surface area contributed by atoms with Crippen LogP contribution in [-0.2, 0) is 16.0 Å². The van der Waals surface area contributed by atoms with Gasteiger partial charge in [-0.15, -0.1) is 0 Å². The fourth-order valence-electron chi connectivity index (χ4n) is 5.10. The summed E-state index contributed by atoms with van der Waals surface area (Å²) in [4.78, 5) is 38.9. The summed E-state index contributed by atoms with van der Waals surface area (Å²) in [6.45, 7) is 1.12. The number of methoxy groups -OCH3 is 1. The lowest BCUT2D eigenvalue weighted by Gasteiger charge is -2.20. The number of hydrogen-bond donors (Lipinski definition) is 2. The van der Waals surface area contributed by atoms with Gasteiger partial charge >= 0.3 is 5.97 Å². The molecule has 1 atom stereocenters. The molecule has 232 valence electrons. The summed E-state index contributed by atoms with van der Waals surface area (Å²) in [6, 6.07) is 39.8. The number of esters is 1. The minimum absolute atomic E-state index is 0.0189. The molecule has 5 rings (SSSR count). The van der Waals surface area contributed by atoms with Crippen LogP contribution in [0.3, 0.4) is 0 Å². The number of ketones is 2. The van der Waals surface area contributed by atoms with Crippen LogP contribution in [0, 0.1) is 0 Å². The van der Waals surface area contributed by atoms with Gasteiger partial charge in [0.05, 0.1) is 13.7 Å². The lowest BCUT2D eigenvalue weighted by molar-refractivity contribution is -0.141. The SMILES string of the molecule is COC(=O)C(Cc1ccc(OCCCNc2ccccc2C(=O)c2ccccc2)cc1)Nc1ccccc1C(=O)c1ccccc1. The third kappa shape index (κ3) is 8.27. The number of rotatable bonds is 15. The summed E-state index contributed by atoms with van der Waals surface area (Å²) in [5.74, 6) is 0.134. The van der Waals surface area contributed by atoms with E-state index in [-0.39, 0.29) is 11.6 Å². The van der Waals surface area contributed by atoms with Gasteiger partial charge < -0.3 is 20.1 Å². The van der Waals surface area contributed by atoms with Gasteiger partial charge in [0, 0.05) is 46.6 Å². The highest BCUT2D eigenvalue weighted by Crippen LogP contribution is 2.23. The Labute approximate surface area is 269 Å². The third-order valence-corrected chi connectivity index (χ3v) is 7.50. The fraction of sp³-hybridized carbons (Fsp3) is 0.154.